The Morgan fingerprint density at radius 1 is 1.08 bits per heavy atom. The summed E-state index contributed by atoms with van der Waals surface area (Å²) in [5, 5.41) is 0. The minimum Gasteiger partial charge on any atom is -0.368 e. The molecule has 24 heavy (non-hydrogen) atoms. The third kappa shape index (κ3) is 3.25. The van der Waals surface area contributed by atoms with Crippen LogP contribution in [0.25, 0.3) is 0 Å². The number of rotatable bonds is 2. The SMILES string of the molecule is Cc1cccc(N2CCN(C(=O)[C@H]3CCN(C)C(=O)C3)CC2)c1C. The largest absolute Gasteiger partial charge is 0.368 e. The molecular weight excluding hydrogens is 302 g/mol. The summed E-state index contributed by atoms with van der Waals surface area (Å²) < 4.78 is 0. The van der Waals surface area contributed by atoms with Gasteiger partial charge in [0.25, 0.3) is 0 Å². The van der Waals surface area contributed by atoms with Crippen LogP contribution in [0.4, 0.5) is 5.69 Å². The molecular formula is C19H27N3O2. The number of likely N-dealkylation sites (tertiary alicyclic amines) is 1. The summed E-state index contributed by atoms with van der Waals surface area (Å²) in [7, 11) is 1.81. The number of aryl methyl sites for hydroxylation is 1. The molecule has 1 aromatic rings. The van der Waals surface area contributed by atoms with Crippen molar-refractivity contribution in [3.05, 3.63) is 29.3 Å². The van der Waals surface area contributed by atoms with Crippen LogP contribution in [0.5, 0.6) is 0 Å². The van der Waals surface area contributed by atoms with Gasteiger partial charge in [-0.2, -0.15) is 0 Å². The second kappa shape index (κ2) is 6.83. The minimum atomic E-state index is -0.124. The average Bonchev–Trinajstić information content (AvgIpc) is 2.59. The van der Waals surface area contributed by atoms with Gasteiger partial charge in [0.15, 0.2) is 0 Å². The number of nitrogens with zero attached hydrogens (tertiary/aromatic N) is 3. The van der Waals surface area contributed by atoms with Crippen molar-refractivity contribution in [3.8, 4) is 0 Å². The summed E-state index contributed by atoms with van der Waals surface area (Å²) in [5.74, 6) is 0.131. The molecule has 2 aliphatic heterocycles. The molecule has 2 saturated heterocycles. The molecule has 2 fully saturated rings. The van der Waals surface area contributed by atoms with E-state index in [-0.39, 0.29) is 17.7 Å². The lowest BCUT2D eigenvalue weighted by molar-refractivity contribution is -0.144. The first kappa shape index (κ1) is 16.8. The van der Waals surface area contributed by atoms with E-state index in [1.54, 1.807) is 4.90 Å². The van der Waals surface area contributed by atoms with Crippen LogP contribution in [0, 0.1) is 19.8 Å². The van der Waals surface area contributed by atoms with E-state index in [1.807, 2.05) is 11.9 Å². The maximum absolute atomic E-state index is 12.7. The van der Waals surface area contributed by atoms with Gasteiger partial charge >= 0.3 is 0 Å². The molecule has 2 aliphatic rings. The third-order valence-corrected chi connectivity index (χ3v) is 5.52. The highest BCUT2D eigenvalue weighted by atomic mass is 16.2. The number of amides is 2. The van der Waals surface area contributed by atoms with Crippen LogP contribution < -0.4 is 4.90 Å². The molecule has 2 heterocycles. The lowest BCUT2D eigenvalue weighted by Gasteiger charge is -2.39. The summed E-state index contributed by atoms with van der Waals surface area (Å²) >= 11 is 0. The predicted molar refractivity (Wildman–Crippen MR) is 95.1 cm³/mol. The Kier molecular flexibility index (Phi) is 4.78. The number of carbonyl (C=O) groups is 2. The number of piperazine rings is 1. The first-order chi connectivity index (χ1) is 11.5. The van der Waals surface area contributed by atoms with E-state index >= 15 is 0 Å². The quantitative estimate of drug-likeness (QED) is 0.831. The van der Waals surface area contributed by atoms with Gasteiger partial charge in [-0.05, 0) is 37.5 Å². The van der Waals surface area contributed by atoms with Gasteiger partial charge in [-0.1, -0.05) is 12.1 Å². The van der Waals surface area contributed by atoms with Crippen molar-refractivity contribution in [2.45, 2.75) is 26.7 Å². The molecule has 0 radical (unpaired) electrons. The average molecular weight is 329 g/mol. The molecule has 3 rings (SSSR count). The Morgan fingerprint density at radius 2 is 1.79 bits per heavy atom. The topological polar surface area (TPSA) is 43.9 Å². The molecule has 0 bridgehead atoms. The van der Waals surface area contributed by atoms with Gasteiger partial charge in [0.05, 0.1) is 0 Å². The molecule has 1 atom stereocenters. The zero-order valence-corrected chi connectivity index (χ0v) is 14.9. The van der Waals surface area contributed by atoms with Crippen LogP contribution in [0.1, 0.15) is 24.0 Å². The van der Waals surface area contributed by atoms with Crippen molar-refractivity contribution in [3.63, 3.8) is 0 Å². The van der Waals surface area contributed by atoms with E-state index in [0.717, 1.165) is 32.6 Å². The Labute approximate surface area is 144 Å². The van der Waals surface area contributed by atoms with Crippen molar-refractivity contribution < 1.29 is 9.59 Å². The van der Waals surface area contributed by atoms with Crippen molar-refractivity contribution in [1.29, 1.82) is 0 Å². The van der Waals surface area contributed by atoms with Crippen LogP contribution in [0.3, 0.4) is 0 Å². The normalized spacial score (nSPS) is 22.0. The Hall–Kier alpha value is -2.04. The van der Waals surface area contributed by atoms with E-state index < -0.39 is 0 Å². The summed E-state index contributed by atoms with van der Waals surface area (Å²) in [6.45, 7) is 8.19. The first-order valence-corrected chi connectivity index (χ1v) is 8.81. The molecule has 5 nitrogen and oxygen atoms in total. The molecule has 0 spiro atoms. The molecule has 1 aromatic carbocycles. The highest BCUT2D eigenvalue weighted by Crippen LogP contribution is 2.25. The molecule has 5 heteroatoms. The van der Waals surface area contributed by atoms with E-state index in [9.17, 15) is 9.59 Å². The Bertz CT molecular complexity index is 635. The number of hydrogen-bond donors (Lipinski definition) is 0. The highest BCUT2D eigenvalue weighted by molar-refractivity contribution is 5.87. The van der Waals surface area contributed by atoms with E-state index in [2.05, 4.69) is 36.9 Å². The van der Waals surface area contributed by atoms with E-state index in [1.165, 1.54) is 16.8 Å². The smallest absolute Gasteiger partial charge is 0.226 e. The zero-order valence-electron chi connectivity index (χ0n) is 14.9. The van der Waals surface area contributed by atoms with Crippen molar-refractivity contribution >= 4 is 17.5 Å². The first-order valence-electron chi connectivity index (χ1n) is 8.81. The molecule has 0 aromatic heterocycles. The number of carbonyl (C=O) groups excluding carboxylic acids is 2. The van der Waals surface area contributed by atoms with E-state index in [4.69, 9.17) is 0 Å². The van der Waals surface area contributed by atoms with Crippen molar-refractivity contribution in [1.82, 2.24) is 9.80 Å². The monoisotopic (exact) mass is 329 g/mol. The molecule has 130 valence electrons. The fourth-order valence-corrected chi connectivity index (χ4v) is 3.66. The maximum atomic E-state index is 12.7. The van der Waals surface area contributed by atoms with Crippen LogP contribution in [-0.2, 0) is 9.59 Å². The predicted octanol–water partition coefficient (Wildman–Crippen LogP) is 1.82. The molecule has 0 saturated carbocycles. The van der Waals surface area contributed by atoms with Crippen LogP contribution in [0.15, 0.2) is 18.2 Å². The summed E-state index contributed by atoms with van der Waals surface area (Å²) in [4.78, 5) is 30.6. The van der Waals surface area contributed by atoms with Gasteiger partial charge < -0.3 is 14.7 Å². The lowest BCUT2D eigenvalue weighted by Crippen LogP contribution is -2.52. The van der Waals surface area contributed by atoms with Crippen molar-refractivity contribution in [2.75, 3.05) is 44.7 Å². The molecule has 0 aliphatic carbocycles. The Morgan fingerprint density at radius 3 is 2.46 bits per heavy atom. The summed E-state index contributed by atoms with van der Waals surface area (Å²) in [5.41, 5.74) is 3.89. The Balaban J connectivity index is 1.60. The lowest BCUT2D eigenvalue weighted by atomic mass is 9.94. The second-order valence-electron chi connectivity index (χ2n) is 7.04. The number of benzene rings is 1. The van der Waals surface area contributed by atoms with Gasteiger partial charge in [-0.15, -0.1) is 0 Å². The molecule has 0 unspecified atom stereocenters. The molecule has 2 amide bonds. The van der Waals surface area contributed by atoms with Crippen LogP contribution in [0.2, 0.25) is 0 Å². The van der Waals surface area contributed by atoms with Crippen molar-refractivity contribution in [2.24, 2.45) is 5.92 Å². The summed E-state index contributed by atoms with van der Waals surface area (Å²) in [6.07, 6.45) is 1.16. The fourth-order valence-electron chi connectivity index (χ4n) is 3.66. The summed E-state index contributed by atoms with van der Waals surface area (Å²) in [6, 6.07) is 6.39. The highest BCUT2D eigenvalue weighted by Gasteiger charge is 2.33. The van der Waals surface area contributed by atoms with Gasteiger partial charge in [0.1, 0.15) is 0 Å². The van der Waals surface area contributed by atoms with E-state index in [0.29, 0.717) is 13.0 Å². The maximum Gasteiger partial charge on any atom is 0.226 e. The minimum absolute atomic E-state index is 0.0913. The third-order valence-electron chi connectivity index (χ3n) is 5.52. The van der Waals surface area contributed by atoms with Gasteiger partial charge in [0, 0.05) is 57.8 Å². The second-order valence-corrected chi connectivity index (χ2v) is 7.04. The number of piperidine rings is 1. The standard InChI is InChI=1S/C19H27N3O2/c1-14-5-4-6-17(15(14)2)21-9-11-22(12-10-21)19(24)16-7-8-20(3)18(23)13-16/h4-6,16H,7-13H2,1-3H3/t16-/m0/s1. The van der Waals surface area contributed by atoms with Gasteiger partial charge in [-0.3, -0.25) is 9.59 Å². The van der Waals surface area contributed by atoms with Gasteiger partial charge in [0.2, 0.25) is 11.8 Å². The fraction of sp³-hybridized carbons (Fsp3) is 0.579. The zero-order chi connectivity index (χ0) is 17.3. The number of hydrogen-bond acceptors (Lipinski definition) is 3. The van der Waals surface area contributed by atoms with Crippen LogP contribution in [-0.4, -0.2) is 61.4 Å². The number of anilines is 1. The van der Waals surface area contributed by atoms with Gasteiger partial charge in [-0.25, -0.2) is 0 Å². The van der Waals surface area contributed by atoms with Crippen LogP contribution >= 0.6 is 0 Å². The molecule has 0 N–H and O–H groups in total.